The summed E-state index contributed by atoms with van der Waals surface area (Å²) >= 11 is 0. The van der Waals surface area contributed by atoms with E-state index in [9.17, 15) is 4.39 Å². The molecule has 0 aliphatic rings. The Balaban J connectivity index is 3.13. The van der Waals surface area contributed by atoms with Crippen molar-refractivity contribution in [2.75, 3.05) is 0 Å². The van der Waals surface area contributed by atoms with Gasteiger partial charge in [-0.3, -0.25) is 0 Å². The van der Waals surface area contributed by atoms with E-state index in [1.165, 1.54) is 18.2 Å². The van der Waals surface area contributed by atoms with Crippen molar-refractivity contribution >= 4 is 0 Å². The smallest absolute Gasteiger partial charge is 0.128 e. The fourth-order valence-electron chi connectivity index (χ4n) is 0.880. The summed E-state index contributed by atoms with van der Waals surface area (Å²) in [6.07, 6.45) is 0. The number of hydrogen-bond acceptors (Lipinski definition) is 2. The van der Waals surface area contributed by atoms with Crippen LogP contribution >= 0.6 is 0 Å². The van der Waals surface area contributed by atoms with Gasteiger partial charge in [-0.05, 0) is 25.1 Å². The topological polar surface area (TPSA) is 46.2 Å². The zero-order valence-corrected chi connectivity index (χ0v) is 6.21. The molecule has 0 fully saturated rings. The summed E-state index contributed by atoms with van der Waals surface area (Å²) in [6.45, 7) is 1.66. The van der Waals surface area contributed by atoms with Crippen LogP contribution in [0, 0.1) is 5.82 Å². The first-order chi connectivity index (χ1) is 5.11. The van der Waals surface area contributed by atoms with Gasteiger partial charge in [-0.2, -0.15) is 0 Å². The van der Waals surface area contributed by atoms with Crippen molar-refractivity contribution in [2.45, 2.75) is 13.0 Å². The lowest BCUT2D eigenvalue weighted by molar-refractivity contribution is 0.470. The lowest BCUT2D eigenvalue weighted by Crippen LogP contribution is -2.06. The number of phenolic OH excluding ortho intramolecular Hbond substituents is 1. The molecule has 3 N–H and O–H groups in total. The van der Waals surface area contributed by atoms with Gasteiger partial charge in [-0.1, -0.05) is 0 Å². The van der Waals surface area contributed by atoms with Crippen molar-refractivity contribution in [2.24, 2.45) is 5.73 Å². The minimum Gasteiger partial charge on any atom is -0.508 e. The van der Waals surface area contributed by atoms with Gasteiger partial charge >= 0.3 is 0 Å². The second-order valence-electron chi connectivity index (χ2n) is 2.49. The molecule has 0 heterocycles. The van der Waals surface area contributed by atoms with E-state index in [0.717, 1.165) is 0 Å². The van der Waals surface area contributed by atoms with Crippen LogP contribution in [0.25, 0.3) is 0 Å². The highest BCUT2D eigenvalue weighted by Crippen LogP contribution is 2.19. The number of nitrogens with two attached hydrogens (primary N) is 1. The molecule has 1 atom stereocenters. The third-order valence-corrected chi connectivity index (χ3v) is 1.47. The first-order valence-electron chi connectivity index (χ1n) is 3.35. The molecule has 3 heteroatoms. The molecule has 11 heavy (non-hydrogen) atoms. The van der Waals surface area contributed by atoms with Crippen LogP contribution in [0.4, 0.5) is 4.39 Å². The molecule has 1 aromatic carbocycles. The van der Waals surface area contributed by atoms with E-state index in [1.54, 1.807) is 6.92 Å². The van der Waals surface area contributed by atoms with Gasteiger partial charge in [0.15, 0.2) is 0 Å². The molecule has 0 spiro atoms. The molecule has 0 amide bonds. The van der Waals surface area contributed by atoms with Crippen LogP contribution in [0.1, 0.15) is 18.5 Å². The van der Waals surface area contributed by atoms with Crippen LogP contribution in [0.15, 0.2) is 18.2 Å². The van der Waals surface area contributed by atoms with Gasteiger partial charge in [-0.25, -0.2) is 4.39 Å². The molecule has 60 valence electrons. The van der Waals surface area contributed by atoms with Crippen LogP contribution in [0.2, 0.25) is 0 Å². The minimum atomic E-state index is -0.387. The zero-order valence-electron chi connectivity index (χ0n) is 6.21. The van der Waals surface area contributed by atoms with Crippen molar-refractivity contribution in [1.82, 2.24) is 0 Å². The van der Waals surface area contributed by atoms with E-state index in [2.05, 4.69) is 0 Å². The Morgan fingerprint density at radius 2 is 2.18 bits per heavy atom. The SMILES string of the molecule is C[C@@H](N)c1cc(O)ccc1F. The first-order valence-corrected chi connectivity index (χ1v) is 3.35. The molecular weight excluding hydrogens is 145 g/mol. The van der Waals surface area contributed by atoms with Crippen molar-refractivity contribution < 1.29 is 9.50 Å². The fourth-order valence-corrected chi connectivity index (χ4v) is 0.880. The van der Waals surface area contributed by atoms with Crippen molar-refractivity contribution in [3.63, 3.8) is 0 Å². The van der Waals surface area contributed by atoms with Crippen molar-refractivity contribution in [3.05, 3.63) is 29.6 Å². The van der Waals surface area contributed by atoms with E-state index < -0.39 is 0 Å². The Bertz CT molecular complexity index is 260. The van der Waals surface area contributed by atoms with Crippen LogP contribution in [0.3, 0.4) is 0 Å². The predicted octanol–water partition coefficient (Wildman–Crippen LogP) is 1.55. The Kier molecular flexibility index (Phi) is 2.10. The van der Waals surface area contributed by atoms with E-state index in [0.29, 0.717) is 5.56 Å². The van der Waals surface area contributed by atoms with Gasteiger partial charge in [0, 0.05) is 11.6 Å². The maximum Gasteiger partial charge on any atom is 0.128 e. The second kappa shape index (κ2) is 2.88. The third-order valence-electron chi connectivity index (χ3n) is 1.47. The monoisotopic (exact) mass is 155 g/mol. The molecule has 1 aromatic rings. The standard InChI is InChI=1S/C8H10FNO/c1-5(10)7-4-6(11)2-3-8(7)9/h2-5,11H,10H2,1H3/t5-/m1/s1. The summed E-state index contributed by atoms with van der Waals surface area (Å²) in [5.41, 5.74) is 5.77. The summed E-state index contributed by atoms with van der Waals surface area (Å²) in [5, 5.41) is 8.96. The molecule has 0 unspecified atom stereocenters. The van der Waals surface area contributed by atoms with Gasteiger partial charge in [0.25, 0.3) is 0 Å². The average molecular weight is 155 g/mol. The molecular formula is C8H10FNO. The Morgan fingerprint density at radius 1 is 1.55 bits per heavy atom. The molecule has 1 rings (SSSR count). The molecule has 0 saturated heterocycles. The molecule has 0 bridgehead atoms. The lowest BCUT2D eigenvalue weighted by atomic mass is 10.1. The number of rotatable bonds is 1. The number of aromatic hydroxyl groups is 1. The average Bonchev–Trinajstić information content (AvgIpc) is 1.94. The van der Waals surface area contributed by atoms with Crippen molar-refractivity contribution in [1.29, 1.82) is 0 Å². The van der Waals surface area contributed by atoms with Gasteiger partial charge in [0.2, 0.25) is 0 Å². The molecule has 0 aliphatic carbocycles. The lowest BCUT2D eigenvalue weighted by Gasteiger charge is -2.06. The van der Waals surface area contributed by atoms with Crippen molar-refractivity contribution in [3.8, 4) is 5.75 Å². The quantitative estimate of drug-likeness (QED) is 0.646. The fraction of sp³-hybridized carbons (Fsp3) is 0.250. The largest absolute Gasteiger partial charge is 0.508 e. The van der Waals surface area contributed by atoms with E-state index in [4.69, 9.17) is 10.8 Å². The molecule has 0 saturated carbocycles. The maximum absolute atomic E-state index is 12.8. The van der Waals surface area contributed by atoms with Gasteiger partial charge in [0.05, 0.1) is 0 Å². The maximum atomic E-state index is 12.8. The summed E-state index contributed by atoms with van der Waals surface area (Å²) < 4.78 is 12.8. The third kappa shape index (κ3) is 1.68. The number of phenols is 1. The molecule has 0 aromatic heterocycles. The summed E-state index contributed by atoms with van der Waals surface area (Å²) in [5.74, 6) is -0.337. The molecule has 0 radical (unpaired) electrons. The molecule has 2 nitrogen and oxygen atoms in total. The minimum absolute atomic E-state index is 0.0405. The van der Waals surface area contributed by atoms with Gasteiger partial charge in [-0.15, -0.1) is 0 Å². The van der Waals surface area contributed by atoms with E-state index >= 15 is 0 Å². The van der Waals surface area contributed by atoms with Crippen LogP contribution in [-0.4, -0.2) is 5.11 Å². The van der Waals surface area contributed by atoms with E-state index in [1.807, 2.05) is 0 Å². The second-order valence-corrected chi connectivity index (χ2v) is 2.49. The van der Waals surface area contributed by atoms with Gasteiger partial charge < -0.3 is 10.8 Å². The highest BCUT2D eigenvalue weighted by molar-refractivity contribution is 5.30. The summed E-state index contributed by atoms with van der Waals surface area (Å²) in [6, 6.07) is 3.44. The van der Waals surface area contributed by atoms with Crippen LogP contribution < -0.4 is 5.73 Å². The number of halogens is 1. The normalized spacial score (nSPS) is 13.0. The first kappa shape index (κ1) is 8.01. The summed E-state index contributed by atoms with van der Waals surface area (Å²) in [4.78, 5) is 0. The van der Waals surface area contributed by atoms with Gasteiger partial charge in [0.1, 0.15) is 11.6 Å². The predicted molar refractivity (Wildman–Crippen MR) is 40.7 cm³/mol. The number of benzene rings is 1. The highest BCUT2D eigenvalue weighted by Gasteiger charge is 2.06. The molecule has 0 aliphatic heterocycles. The highest BCUT2D eigenvalue weighted by atomic mass is 19.1. The zero-order chi connectivity index (χ0) is 8.43. The Morgan fingerprint density at radius 3 is 2.64 bits per heavy atom. The summed E-state index contributed by atoms with van der Waals surface area (Å²) in [7, 11) is 0. The van der Waals surface area contributed by atoms with Crippen LogP contribution in [-0.2, 0) is 0 Å². The Labute approximate surface area is 64.5 Å². The van der Waals surface area contributed by atoms with Crippen LogP contribution in [0.5, 0.6) is 5.75 Å². The number of hydrogen-bond donors (Lipinski definition) is 2. The van der Waals surface area contributed by atoms with E-state index in [-0.39, 0.29) is 17.6 Å². The Hall–Kier alpha value is -1.09.